The monoisotopic (exact) mass is 297 g/mol. The zero-order valence-corrected chi connectivity index (χ0v) is 13.8. The van der Waals surface area contributed by atoms with Crippen molar-refractivity contribution in [2.24, 2.45) is 11.8 Å². The van der Waals surface area contributed by atoms with Crippen LogP contribution in [0.5, 0.6) is 0 Å². The van der Waals surface area contributed by atoms with Crippen LogP contribution in [0.4, 0.5) is 0 Å². The van der Waals surface area contributed by atoms with Gasteiger partial charge in [0, 0.05) is 26.7 Å². The smallest absolute Gasteiger partial charge is 0.252 e. The first-order valence-corrected chi connectivity index (χ1v) is 8.32. The molecule has 2 rings (SSSR count). The van der Waals surface area contributed by atoms with Gasteiger partial charge >= 0.3 is 0 Å². The number of piperidine rings is 1. The third kappa shape index (κ3) is 4.41. The molecule has 0 aromatic rings. The fraction of sp³-hybridized carbons (Fsp3) is 0.938. The second-order valence-electron chi connectivity index (χ2n) is 6.97. The maximum absolute atomic E-state index is 12.5. The molecule has 1 amide bonds. The molecule has 0 saturated carbocycles. The predicted octanol–water partition coefficient (Wildman–Crippen LogP) is 0.849. The molecule has 0 radical (unpaired) electrons. The summed E-state index contributed by atoms with van der Waals surface area (Å²) in [4.78, 5) is 15.0. The third-order valence-electron chi connectivity index (χ3n) is 4.76. The highest BCUT2D eigenvalue weighted by Crippen LogP contribution is 2.23. The Morgan fingerprint density at radius 2 is 2.14 bits per heavy atom. The third-order valence-corrected chi connectivity index (χ3v) is 4.76. The molecular formula is C16H31N3O2. The largest absolute Gasteiger partial charge is 0.368 e. The molecule has 1 unspecified atom stereocenters. The average molecular weight is 297 g/mol. The van der Waals surface area contributed by atoms with Crippen LogP contribution in [0.3, 0.4) is 0 Å². The molecule has 0 bridgehead atoms. The van der Waals surface area contributed by atoms with E-state index in [1.165, 1.54) is 6.42 Å². The molecule has 2 aliphatic rings. The van der Waals surface area contributed by atoms with Gasteiger partial charge in [0.25, 0.3) is 5.91 Å². The Morgan fingerprint density at radius 3 is 2.76 bits per heavy atom. The van der Waals surface area contributed by atoms with Gasteiger partial charge < -0.3 is 20.3 Å². The van der Waals surface area contributed by atoms with Gasteiger partial charge in [0.2, 0.25) is 0 Å². The predicted molar refractivity (Wildman–Crippen MR) is 84.2 cm³/mol. The molecule has 5 nitrogen and oxygen atoms in total. The van der Waals surface area contributed by atoms with Gasteiger partial charge in [-0.1, -0.05) is 13.8 Å². The van der Waals surface area contributed by atoms with E-state index in [9.17, 15) is 4.79 Å². The van der Waals surface area contributed by atoms with Crippen molar-refractivity contribution in [3.05, 3.63) is 0 Å². The lowest BCUT2D eigenvalue weighted by Gasteiger charge is -2.35. The lowest BCUT2D eigenvalue weighted by molar-refractivity contribution is -0.146. The van der Waals surface area contributed by atoms with E-state index in [1.807, 2.05) is 0 Å². The normalized spacial score (nSPS) is 26.2. The minimum Gasteiger partial charge on any atom is -0.368 e. The van der Waals surface area contributed by atoms with E-state index in [-0.39, 0.29) is 5.91 Å². The molecule has 0 aromatic carbocycles. The Bertz CT molecular complexity index is 340. The van der Waals surface area contributed by atoms with Gasteiger partial charge in [0.15, 0.2) is 0 Å². The van der Waals surface area contributed by atoms with Gasteiger partial charge in [0.05, 0.1) is 0 Å². The Hall–Kier alpha value is -0.650. The summed E-state index contributed by atoms with van der Waals surface area (Å²) < 4.78 is 5.57. The van der Waals surface area contributed by atoms with Crippen molar-refractivity contribution in [2.75, 3.05) is 46.4 Å². The second-order valence-corrected chi connectivity index (χ2v) is 6.97. The Labute approximate surface area is 128 Å². The minimum absolute atomic E-state index is 0.0776. The number of hydrogen-bond acceptors (Lipinski definition) is 4. The fourth-order valence-electron chi connectivity index (χ4n) is 3.51. The molecule has 0 spiro atoms. The summed E-state index contributed by atoms with van der Waals surface area (Å²) in [7, 11) is 1.66. The molecule has 0 aliphatic carbocycles. The van der Waals surface area contributed by atoms with Crippen LogP contribution in [-0.4, -0.2) is 62.8 Å². The topological polar surface area (TPSA) is 53.6 Å². The van der Waals surface area contributed by atoms with Crippen molar-refractivity contribution in [1.29, 1.82) is 0 Å². The number of methoxy groups -OCH3 is 1. The standard InChI is InChI=1S/C16H31N3O2/c1-13(2)11-19-9-4-14(12-19)10-18-15(20)16(21-3)5-7-17-8-6-16/h13-14,17H,4-12H2,1-3H3,(H,18,20). The molecule has 2 fully saturated rings. The number of carbonyl (C=O) groups is 1. The van der Waals surface area contributed by atoms with Gasteiger partial charge in [-0.3, -0.25) is 4.79 Å². The molecule has 21 heavy (non-hydrogen) atoms. The summed E-state index contributed by atoms with van der Waals surface area (Å²) in [6, 6.07) is 0. The maximum Gasteiger partial charge on any atom is 0.252 e. The lowest BCUT2D eigenvalue weighted by Crippen LogP contribution is -2.54. The zero-order valence-electron chi connectivity index (χ0n) is 13.8. The number of ether oxygens (including phenoxy) is 1. The van der Waals surface area contributed by atoms with Gasteiger partial charge in [-0.15, -0.1) is 0 Å². The van der Waals surface area contributed by atoms with Crippen molar-refractivity contribution < 1.29 is 9.53 Å². The maximum atomic E-state index is 12.5. The summed E-state index contributed by atoms with van der Waals surface area (Å²) in [5.74, 6) is 1.38. The summed E-state index contributed by atoms with van der Waals surface area (Å²) >= 11 is 0. The number of likely N-dealkylation sites (tertiary alicyclic amines) is 1. The molecular weight excluding hydrogens is 266 g/mol. The Balaban J connectivity index is 1.76. The number of hydrogen-bond donors (Lipinski definition) is 2. The highest BCUT2D eigenvalue weighted by molar-refractivity contribution is 5.85. The number of carbonyl (C=O) groups excluding carboxylic acids is 1. The number of nitrogens with one attached hydrogen (secondary N) is 2. The summed E-state index contributed by atoms with van der Waals surface area (Å²) in [5, 5.41) is 6.42. The Morgan fingerprint density at radius 1 is 1.43 bits per heavy atom. The van der Waals surface area contributed by atoms with Crippen molar-refractivity contribution in [3.8, 4) is 0 Å². The molecule has 5 heteroatoms. The molecule has 1 atom stereocenters. The number of nitrogens with zero attached hydrogens (tertiary/aromatic N) is 1. The van der Waals surface area contributed by atoms with Crippen molar-refractivity contribution in [3.63, 3.8) is 0 Å². The fourth-order valence-corrected chi connectivity index (χ4v) is 3.51. The van der Waals surface area contributed by atoms with Gasteiger partial charge in [-0.2, -0.15) is 0 Å². The SMILES string of the molecule is COC1(C(=O)NCC2CCN(CC(C)C)C2)CCNCC1. The summed E-state index contributed by atoms with van der Waals surface area (Å²) in [6.07, 6.45) is 2.72. The van der Waals surface area contributed by atoms with E-state index in [1.54, 1.807) is 7.11 Å². The van der Waals surface area contributed by atoms with E-state index < -0.39 is 5.60 Å². The van der Waals surface area contributed by atoms with Gasteiger partial charge in [-0.05, 0) is 50.7 Å². The zero-order chi connectivity index (χ0) is 15.3. The van der Waals surface area contributed by atoms with E-state index in [2.05, 4.69) is 29.4 Å². The van der Waals surface area contributed by atoms with Crippen LogP contribution in [0.1, 0.15) is 33.1 Å². The first-order chi connectivity index (χ1) is 10.1. The Kier molecular flexibility index (Phi) is 6.02. The molecule has 2 N–H and O–H groups in total. The quantitative estimate of drug-likeness (QED) is 0.763. The summed E-state index contributed by atoms with van der Waals surface area (Å²) in [6.45, 7) is 10.4. The molecule has 122 valence electrons. The van der Waals surface area contributed by atoms with Crippen LogP contribution in [-0.2, 0) is 9.53 Å². The number of amides is 1. The second kappa shape index (κ2) is 7.56. The van der Waals surface area contributed by atoms with Gasteiger partial charge in [-0.25, -0.2) is 0 Å². The van der Waals surface area contributed by atoms with Crippen LogP contribution in [0, 0.1) is 11.8 Å². The van der Waals surface area contributed by atoms with E-state index in [0.717, 1.165) is 52.1 Å². The lowest BCUT2D eigenvalue weighted by atomic mass is 9.91. The van der Waals surface area contributed by atoms with Crippen molar-refractivity contribution >= 4 is 5.91 Å². The summed E-state index contributed by atoms with van der Waals surface area (Å²) in [5.41, 5.74) is -0.610. The molecule has 2 heterocycles. The van der Waals surface area contributed by atoms with Crippen LogP contribution in [0.15, 0.2) is 0 Å². The highest BCUT2D eigenvalue weighted by atomic mass is 16.5. The van der Waals surface area contributed by atoms with Crippen LogP contribution < -0.4 is 10.6 Å². The van der Waals surface area contributed by atoms with Crippen LogP contribution >= 0.6 is 0 Å². The van der Waals surface area contributed by atoms with Crippen LogP contribution in [0.2, 0.25) is 0 Å². The highest BCUT2D eigenvalue weighted by Gasteiger charge is 2.39. The van der Waals surface area contributed by atoms with E-state index in [4.69, 9.17) is 4.74 Å². The average Bonchev–Trinajstić information content (AvgIpc) is 2.92. The van der Waals surface area contributed by atoms with E-state index in [0.29, 0.717) is 11.8 Å². The number of rotatable bonds is 6. The van der Waals surface area contributed by atoms with Crippen molar-refractivity contribution in [2.45, 2.75) is 38.7 Å². The van der Waals surface area contributed by atoms with Crippen LogP contribution in [0.25, 0.3) is 0 Å². The molecule has 0 aromatic heterocycles. The molecule has 2 saturated heterocycles. The molecule has 2 aliphatic heterocycles. The first-order valence-electron chi connectivity index (χ1n) is 8.32. The minimum atomic E-state index is -0.610. The van der Waals surface area contributed by atoms with Gasteiger partial charge in [0.1, 0.15) is 5.60 Å². The first kappa shape index (κ1) is 16.7. The van der Waals surface area contributed by atoms with Crippen molar-refractivity contribution in [1.82, 2.24) is 15.5 Å². The van der Waals surface area contributed by atoms with E-state index >= 15 is 0 Å².